The van der Waals surface area contributed by atoms with Crippen LogP contribution in [0.3, 0.4) is 0 Å². The van der Waals surface area contributed by atoms with E-state index in [-0.39, 0.29) is 32.9 Å². The number of nitrogens with one attached hydrogen (secondary N) is 3. The molecule has 2 rings (SSSR count). The average Bonchev–Trinajstić information content (AvgIpc) is 2.86. The maximum Gasteiger partial charge on any atom is 0.227 e. The van der Waals surface area contributed by atoms with E-state index in [0.29, 0.717) is 12.8 Å². The summed E-state index contributed by atoms with van der Waals surface area (Å²) in [4.78, 5) is 25.4. The number of benzene rings is 1. The van der Waals surface area contributed by atoms with Crippen molar-refractivity contribution < 1.29 is 30.7 Å². The molecule has 1 fully saturated rings. The summed E-state index contributed by atoms with van der Waals surface area (Å²) in [5.74, 6) is 0.496. The van der Waals surface area contributed by atoms with Crippen LogP contribution in [0.5, 0.6) is 0 Å². The number of hydrogen-bond acceptors (Lipinski definition) is 6. The Labute approximate surface area is 220 Å². The van der Waals surface area contributed by atoms with E-state index < -0.39 is 0 Å². The summed E-state index contributed by atoms with van der Waals surface area (Å²) in [5, 5.41) is 12.9. The van der Waals surface area contributed by atoms with Crippen molar-refractivity contribution in [3.63, 3.8) is 0 Å². The second-order valence-electron chi connectivity index (χ2n) is 8.17. The van der Waals surface area contributed by atoms with Gasteiger partial charge in [0.05, 0.1) is 5.92 Å². The van der Waals surface area contributed by atoms with Crippen LogP contribution < -0.4 is 26.6 Å². The van der Waals surface area contributed by atoms with Crippen molar-refractivity contribution in [3.05, 3.63) is 47.5 Å². The zero-order valence-electron chi connectivity index (χ0n) is 21.0. The molecular weight excluding hydrogens is 600 g/mol. The predicted octanol–water partition coefficient (Wildman–Crippen LogP) is 2.33. The number of piperidine rings is 1. The molecule has 0 saturated carbocycles. The summed E-state index contributed by atoms with van der Waals surface area (Å²) in [6, 6.07) is 8.31. The van der Waals surface area contributed by atoms with E-state index in [2.05, 4.69) is 38.3 Å². The van der Waals surface area contributed by atoms with Gasteiger partial charge in [0.25, 0.3) is 0 Å². The van der Waals surface area contributed by atoms with E-state index >= 15 is 0 Å². The summed E-state index contributed by atoms with van der Waals surface area (Å²) in [7, 11) is 5.29. The number of carbonyl (C=O) groups is 2. The zero-order valence-corrected chi connectivity index (χ0v) is 23.9. The van der Waals surface area contributed by atoms with Gasteiger partial charge < -0.3 is 36.7 Å². The number of anilines is 1. The number of nitrogens with zero attached hydrogens (tertiary/aromatic N) is 2. The fourth-order valence-electron chi connectivity index (χ4n) is 3.99. The molecule has 5 N–H and O–H groups in total. The average molecular weight is 643 g/mol. The van der Waals surface area contributed by atoms with Gasteiger partial charge in [0.2, 0.25) is 5.91 Å². The van der Waals surface area contributed by atoms with Gasteiger partial charge in [0, 0.05) is 59.9 Å². The van der Waals surface area contributed by atoms with Crippen molar-refractivity contribution >= 4 is 17.9 Å². The number of carbonyl (C=O) groups excluding carboxylic acids is 2. The van der Waals surface area contributed by atoms with E-state index in [9.17, 15) is 9.59 Å². The quantitative estimate of drug-likeness (QED) is 0.246. The largest absolute Gasteiger partial charge is 0.692 e. The zero-order chi connectivity index (χ0) is 24.3. The van der Waals surface area contributed by atoms with E-state index in [4.69, 9.17) is 5.73 Å². The van der Waals surface area contributed by atoms with Crippen LogP contribution in [0.25, 0.3) is 5.32 Å². The van der Waals surface area contributed by atoms with Gasteiger partial charge in [-0.25, -0.2) is 0 Å². The Hall–Kier alpha value is -1.89. The van der Waals surface area contributed by atoms with Crippen LogP contribution in [0.1, 0.15) is 43.6 Å². The molecule has 1 aromatic carbocycles. The van der Waals surface area contributed by atoms with Crippen molar-refractivity contribution in [2.24, 2.45) is 11.7 Å². The molecule has 0 radical (unpaired) electrons. The Kier molecular flexibility index (Phi) is 19.3. The molecule has 1 saturated heterocycles. The Morgan fingerprint density at radius 3 is 2.41 bits per heavy atom. The molecule has 34 heavy (non-hydrogen) atoms. The number of amides is 1. The molecule has 1 aliphatic heterocycles. The molecule has 1 unspecified atom stereocenters. The number of likely N-dealkylation sites (N-methyl/N-ethyl adjacent to an activating group) is 2. The number of hydrogen-bond donors (Lipinski definition) is 4. The second-order valence-corrected chi connectivity index (χ2v) is 8.17. The topological polar surface area (TPSA) is 114 Å². The van der Waals surface area contributed by atoms with Crippen molar-refractivity contribution in [2.75, 3.05) is 58.8 Å². The van der Waals surface area contributed by atoms with Gasteiger partial charge in [-0.1, -0.05) is 12.1 Å². The van der Waals surface area contributed by atoms with Crippen LogP contribution in [0.15, 0.2) is 36.7 Å². The normalized spacial score (nSPS) is 14.3. The van der Waals surface area contributed by atoms with Crippen LogP contribution in [0.4, 0.5) is 5.69 Å². The molecular formula is C25H43N6O2W-. The molecule has 1 atom stereocenters. The maximum absolute atomic E-state index is 12.2. The SMILES string of the molecule is CNCCN(CCC1CCNCC1)c1ccc(C(CCC=O)C(=O)NC)cc1.C[N-]/C=C/N.[W]. The van der Waals surface area contributed by atoms with Crippen LogP contribution in [0, 0.1) is 5.92 Å². The summed E-state index contributed by atoms with van der Waals surface area (Å²) in [6.45, 7) is 5.23. The Morgan fingerprint density at radius 2 is 1.91 bits per heavy atom. The molecule has 9 heteroatoms. The van der Waals surface area contributed by atoms with Gasteiger partial charge in [-0.15, -0.1) is 7.05 Å². The van der Waals surface area contributed by atoms with Crippen molar-refractivity contribution in [3.8, 4) is 0 Å². The third-order valence-electron chi connectivity index (χ3n) is 5.93. The van der Waals surface area contributed by atoms with Crippen molar-refractivity contribution in [1.82, 2.24) is 16.0 Å². The minimum Gasteiger partial charge on any atom is -0.692 e. The Balaban J connectivity index is 0.00000164. The summed E-state index contributed by atoms with van der Waals surface area (Å²) in [5.41, 5.74) is 7.03. The number of aldehydes is 1. The van der Waals surface area contributed by atoms with Gasteiger partial charge >= 0.3 is 0 Å². The number of rotatable bonds is 13. The van der Waals surface area contributed by atoms with E-state index in [1.807, 2.05) is 19.2 Å². The molecule has 1 aromatic rings. The standard InChI is InChI=1S/C22H36N4O2.C3H7N2.W/c1-23-14-16-26(15-11-18-9-12-25-13-10-18)20-7-5-19(6-8-20)21(4-3-17-27)22(28)24-2;1-5-3-2-4;/h5-8,17-18,21,23,25H,3-4,9-16H2,1-2H3,(H,24,28);2-3H,4H2,1H3;/q;-1;/b;3-2+;. The predicted molar refractivity (Wildman–Crippen MR) is 138 cm³/mol. The first-order valence-corrected chi connectivity index (χ1v) is 11.9. The van der Waals surface area contributed by atoms with Crippen LogP contribution in [-0.4, -0.2) is 66.1 Å². The molecule has 1 amide bonds. The minimum atomic E-state index is -0.273. The monoisotopic (exact) mass is 643 g/mol. The van der Waals surface area contributed by atoms with E-state index in [1.54, 1.807) is 14.1 Å². The fraction of sp³-hybridized carbons (Fsp3) is 0.600. The molecule has 192 valence electrons. The number of nitrogens with two attached hydrogens (primary N) is 1. The second kappa shape index (κ2) is 20.5. The molecule has 8 nitrogen and oxygen atoms in total. The molecule has 0 aromatic heterocycles. The van der Waals surface area contributed by atoms with Crippen LogP contribution in [-0.2, 0) is 30.7 Å². The molecule has 0 spiro atoms. The minimum absolute atomic E-state index is 0. The molecule has 0 aliphatic carbocycles. The summed E-state index contributed by atoms with van der Waals surface area (Å²) in [6.07, 6.45) is 8.48. The van der Waals surface area contributed by atoms with E-state index in [1.165, 1.54) is 37.3 Å². The maximum atomic E-state index is 12.2. The van der Waals surface area contributed by atoms with Crippen LogP contribution in [0.2, 0.25) is 0 Å². The Morgan fingerprint density at radius 1 is 1.24 bits per heavy atom. The summed E-state index contributed by atoms with van der Waals surface area (Å²) < 4.78 is 0. The van der Waals surface area contributed by atoms with E-state index in [0.717, 1.165) is 50.5 Å². The molecule has 0 bridgehead atoms. The first kappa shape index (κ1) is 32.1. The third-order valence-corrected chi connectivity index (χ3v) is 5.93. The fourth-order valence-corrected chi connectivity index (χ4v) is 3.99. The first-order valence-electron chi connectivity index (χ1n) is 11.9. The smallest absolute Gasteiger partial charge is 0.227 e. The molecule has 1 heterocycles. The van der Waals surface area contributed by atoms with Crippen molar-refractivity contribution in [2.45, 2.75) is 38.0 Å². The van der Waals surface area contributed by atoms with Crippen molar-refractivity contribution in [1.29, 1.82) is 0 Å². The van der Waals surface area contributed by atoms with Gasteiger partial charge in [0.1, 0.15) is 6.29 Å². The van der Waals surface area contributed by atoms with Gasteiger partial charge in [-0.2, -0.15) is 6.20 Å². The van der Waals surface area contributed by atoms with Crippen LogP contribution >= 0.6 is 0 Å². The summed E-state index contributed by atoms with van der Waals surface area (Å²) >= 11 is 0. The van der Waals surface area contributed by atoms with Gasteiger partial charge in [-0.05, 0) is 75.6 Å². The Bertz CT molecular complexity index is 680. The first-order chi connectivity index (χ1) is 16.1. The third kappa shape index (κ3) is 12.5. The van der Waals surface area contributed by atoms with Gasteiger partial charge in [0.15, 0.2) is 0 Å². The molecule has 1 aliphatic rings. The van der Waals surface area contributed by atoms with Gasteiger partial charge in [-0.3, -0.25) is 4.79 Å².